The summed E-state index contributed by atoms with van der Waals surface area (Å²) in [4.78, 5) is 16.8. The molecular formula is C22H30Cl2N2O3. The van der Waals surface area contributed by atoms with Gasteiger partial charge in [-0.3, -0.25) is 4.90 Å². The Labute approximate surface area is 185 Å². The molecule has 7 heteroatoms. The minimum absolute atomic E-state index is 0. The zero-order valence-electron chi connectivity index (χ0n) is 16.8. The predicted octanol–water partition coefficient (Wildman–Crippen LogP) is 3.90. The smallest absolute Gasteiger partial charge is 0.341 e. The van der Waals surface area contributed by atoms with Gasteiger partial charge in [-0.2, -0.15) is 0 Å². The first-order valence-electron chi connectivity index (χ1n) is 9.55. The lowest BCUT2D eigenvalue weighted by Crippen LogP contribution is -2.46. The second-order valence-electron chi connectivity index (χ2n) is 6.79. The number of esters is 1. The highest BCUT2D eigenvalue weighted by molar-refractivity contribution is 5.92. The van der Waals surface area contributed by atoms with Gasteiger partial charge in [-0.15, -0.1) is 24.8 Å². The Balaban J connectivity index is 0.00000210. The van der Waals surface area contributed by atoms with Crippen molar-refractivity contribution in [2.24, 2.45) is 0 Å². The third kappa shape index (κ3) is 7.86. The van der Waals surface area contributed by atoms with Crippen molar-refractivity contribution >= 4 is 30.8 Å². The Morgan fingerprint density at radius 2 is 1.52 bits per heavy atom. The van der Waals surface area contributed by atoms with E-state index in [2.05, 4.69) is 40.1 Å². The maximum absolute atomic E-state index is 11.8. The summed E-state index contributed by atoms with van der Waals surface area (Å²) in [5.74, 6) is 0.233. The van der Waals surface area contributed by atoms with E-state index in [9.17, 15) is 4.79 Å². The van der Waals surface area contributed by atoms with Crippen molar-refractivity contribution in [3.63, 3.8) is 0 Å². The summed E-state index contributed by atoms with van der Waals surface area (Å²) in [7, 11) is 1.39. The number of hydrogen-bond donors (Lipinski definition) is 0. The Morgan fingerprint density at radius 3 is 2.21 bits per heavy atom. The van der Waals surface area contributed by atoms with Gasteiger partial charge in [0.25, 0.3) is 0 Å². The van der Waals surface area contributed by atoms with Crippen LogP contribution in [0, 0.1) is 0 Å². The molecule has 0 aliphatic carbocycles. The predicted molar refractivity (Wildman–Crippen MR) is 121 cm³/mol. The standard InChI is InChI=1S/C22H28N2O3.2ClH/c1-26-22(25)20-10-5-6-11-21(20)27-17-7-12-23-13-15-24(16-14-23)18-19-8-3-2-4-9-19;;/h2-6,8-11H,7,12-18H2,1H3;2*1H. The summed E-state index contributed by atoms with van der Waals surface area (Å²) in [6.07, 6.45) is 0.939. The van der Waals surface area contributed by atoms with Crippen LogP contribution in [-0.4, -0.2) is 62.2 Å². The summed E-state index contributed by atoms with van der Waals surface area (Å²) < 4.78 is 10.6. The van der Waals surface area contributed by atoms with Crippen LogP contribution in [-0.2, 0) is 11.3 Å². The molecule has 5 nitrogen and oxygen atoms in total. The lowest BCUT2D eigenvalue weighted by molar-refractivity contribution is 0.0595. The van der Waals surface area contributed by atoms with Crippen molar-refractivity contribution in [3.05, 3.63) is 65.7 Å². The molecule has 1 fully saturated rings. The van der Waals surface area contributed by atoms with Gasteiger partial charge in [-0.25, -0.2) is 4.79 Å². The van der Waals surface area contributed by atoms with Gasteiger partial charge < -0.3 is 14.4 Å². The molecule has 0 N–H and O–H groups in total. The highest BCUT2D eigenvalue weighted by Gasteiger charge is 2.17. The number of benzene rings is 2. The van der Waals surface area contributed by atoms with Crippen LogP contribution in [0.3, 0.4) is 0 Å². The van der Waals surface area contributed by atoms with E-state index in [1.807, 2.05) is 18.2 Å². The Hall–Kier alpha value is -1.79. The molecule has 3 rings (SSSR count). The van der Waals surface area contributed by atoms with Crippen molar-refractivity contribution in [3.8, 4) is 5.75 Å². The number of carbonyl (C=O) groups is 1. The lowest BCUT2D eigenvalue weighted by atomic mass is 10.2. The van der Waals surface area contributed by atoms with E-state index in [0.717, 1.165) is 45.7 Å². The fourth-order valence-electron chi connectivity index (χ4n) is 3.35. The Kier molecular flexibility index (Phi) is 11.7. The van der Waals surface area contributed by atoms with Gasteiger partial charge in [-0.05, 0) is 24.1 Å². The average Bonchev–Trinajstić information content (AvgIpc) is 2.73. The van der Waals surface area contributed by atoms with Crippen molar-refractivity contribution < 1.29 is 14.3 Å². The summed E-state index contributed by atoms with van der Waals surface area (Å²) in [6, 6.07) is 17.9. The maximum Gasteiger partial charge on any atom is 0.341 e. The van der Waals surface area contributed by atoms with Gasteiger partial charge in [0.15, 0.2) is 0 Å². The number of methoxy groups -OCH3 is 1. The molecule has 0 atom stereocenters. The van der Waals surface area contributed by atoms with Crippen LogP contribution in [0.4, 0.5) is 0 Å². The molecule has 0 radical (unpaired) electrons. The third-order valence-corrected chi connectivity index (χ3v) is 4.88. The highest BCUT2D eigenvalue weighted by atomic mass is 35.5. The molecule has 0 bridgehead atoms. The van der Waals surface area contributed by atoms with Crippen molar-refractivity contribution in [1.82, 2.24) is 9.80 Å². The Bertz CT molecular complexity index is 723. The average molecular weight is 441 g/mol. The highest BCUT2D eigenvalue weighted by Crippen LogP contribution is 2.19. The minimum atomic E-state index is -0.361. The van der Waals surface area contributed by atoms with Crippen LogP contribution in [0.5, 0.6) is 5.75 Å². The van der Waals surface area contributed by atoms with Crippen molar-refractivity contribution in [2.45, 2.75) is 13.0 Å². The molecule has 1 heterocycles. The van der Waals surface area contributed by atoms with Crippen LogP contribution < -0.4 is 4.74 Å². The number of ether oxygens (including phenoxy) is 2. The summed E-state index contributed by atoms with van der Waals surface area (Å²) >= 11 is 0. The number of para-hydroxylation sites is 1. The number of hydrogen-bond acceptors (Lipinski definition) is 5. The number of nitrogens with zero attached hydrogens (tertiary/aromatic N) is 2. The second kappa shape index (κ2) is 13.4. The molecule has 0 amide bonds. The largest absolute Gasteiger partial charge is 0.493 e. The van der Waals surface area contributed by atoms with E-state index in [0.29, 0.717) is 17.9 Å². The first-order chi connectivity index (χ1) is 13.3. The molecule has 0 saturated carbocycles. The molecule has 0 aromatic heterocycles. The molecule has 2 aromatic rings. The number of carbonyl (C=O) groups excluding carboxylic acids is 1. The van der Waals surface area contributed by atoms with Crippen molar-refractivity contribution in [1.29, 1.82) is 0 Å². The summed E-state index contributed by atoms with van der Waals surface area (Å²) in [5, 5.41) is 0. The molecule has 2 aromatic carbocycles. The monoisotopic (exact) mass is 440 g/mol. The normalized spacial score (nSPS) is 14.4. The zero-order chi connectivity index (χ0) is 18.9. The van der Waals surface area contributed by atoms with Gasteiger partial charge in [-0.1, -0.05) is 42.5 Å². The van der Waals surface area contributed by atoms with E-state index in [1.165, 1.54) is 12.7 Å². The van der Waals surface area contributed by atoms with Crippen LogP contribution >= 0.6 is 24.8 Å². The van der Waals surface area contributed by atoms with E-state index >= 15 is 0 Å². The van der Waals surface area contributed by atoms with E-state index in [1.54, 1.807) is 6.07 Å². The van der Waals surface area contributed by atoms with Crippen LogP contribution in [0.2, 0.25) is 0 Å². The molecule has 1 saturated heterocycles. The zero-order valence-corrected chi connectivity index (χ0v) is 18.4. The first kappa shape index (κ1) is 25.2. The SMILES string of the molecule is COC(=O)c1ccccc1OCCCN1CCN(Cc2ccccc2)CC1.Cl.Cl. The van der Waals surface area contributed by atoms with Gasteiger partial charge in [0.05, 0.1) is 13.7 Å². The molecule has 29 heavy (non-hydrogen) atoms. The van der Waals surface area contributed by atoms with Gasteiger partial charge in [0.2, 0.25) is 0 Å². The first-order valence-corrected chi connectivity index (χ1v) is 9.55. The summed E-state index contributed by atoms with van der Waals surface area (Å²) in [6.45, 7) is 7.01. The van der Waals surface area contributed by atoms with Gasteiger partial charge in [0.1, 0.15) is 11.3 Å². The van der Waals surface area contributed by atoms with Crippen LogP contribution in [0.15, 0.2) is 54.6 Å². The second-order valence-corrected chi connectivity index (χ2v) is 6.79. The van der Waals surface area contributed by atoms with E-state index in [4.69, 9.17) is 9.47 Å². The number of halogens is 2. The van der Waals surface area contributed by atoms with Gasteiger partial charge >= 0.3 is 5.97 Å². The number of piperazine rings is 1. The summed E-state index contributed by atoms with van der Waals surface area (Å²) in [5.41, 5.74) is 1.86. The molecule has 0 unspecified atom stereocenters. The molecule has 0 spiro atoms. The van der Waals surface area contributed by atoms with Crippen LogP contribution in [0.1, 0.15) is 22.3 Å². The lowest BCUT2D eigenvalue weighted by Gasteiger charge is -2.34. The number of rotatable bonds is 8. The fourth-order valence-corrected chi connectivity index (χ4v) is 3.35. The maximum atomic E-state index is 11.8. The van der Waals surface area contributed by atoms with E-state index in [-0.39, 0.29) is 30.8 Å². The van der Waals surface area contributed by atoms with Crippen LogP contribution in [0.25, 0.3) is 0 Å². The topological polar surface area (TPSA) is 42.0 Å². The van der Waals surface area contributed by atoms with E-state index < -0.39 is 0 Å². The quantitative estimate of drug-likeness (QED) is 0.459. The Morgan fingerprint density at radius 1 is 0.897 bits per heavy atom. The molecule has 160 valence electrons. The fraction of sp³-hybridized carbons (Fsp3) is 0.409. The molecular weight excluding hydrogens is 411 g/mol. The van der Waals surface area contributed by atoms with Crippen molar-refractivity contribution in [2.75, 3.05) is 46.4 Å². The molecule has 1 aliphatic heterocycles. The third-order valence-electron chi connectivity index (χ3n) is 4.88. The molecule has 1 aliphatic rings. The van der Waals surface area contributed by atoms with Gasteiger partial charge in [0, 0.05) is 39.3 Å². The minimum Gasteiger partial charge on any atom is -0.493 e.